The third kappa shape index (κ3) is 5.04. The van der Waals surface area contributed by atoms with Crippen LogP contribution >= 0.6 is 0 Å². The smallest absolute Gasteiger partial charge is 0.338 e. The lowest BCUT2D eigenvalue weighted by molar-refractivity contribution is -0.119. The molecule has 0 unspecified atom stereocenters. The Bertz CT molecular complexity index is 905. The second-order valence-corrected chi connectivity index (χ2v) is 6.42. The van der Waals surface area contributed by atoms with E-state index >= 15 is 0 Å². The molecule has 1 aliphatic heterocycles. The van der Waals surface area contributed by atoms with E-state index in [1.165, 1.54) is 26.4 Å². The number of amides is 2. The van der Waals surface area contributed by atoms with Crippen molar-refractivity contribution in [3.63, 3.8) is 0 Å². The summed E-state index contributed by atoms with van der Waals surface area (Å²) in [6, 6.07) is 11.6. The molecule has 1 N–H and O–H groups in total. The maximum atomic E-state index is 12.2. The Kier molecular flexibility index (Phi) is 6.33. The zero-order chi connectivity index (χ0) is 20.8. The lowest BCUT2D eigenvalue weighted by Crippen LogP contribution is -2.24. The highest BCUT2D eigenvalue weighted by molar-refractivity contribution is 5.98. The minimum atomic E-state index is -0.672. The number of hydrogen-bond donors (Lipinski definition) is 1. The van der Waals surface area contributed by atoms with Gasteiger partial charge in [0.15, 0.2) is 6.61 Å². The zero-order valence-electron chi connectivity index (χ0n) is 16.3. The molecule has 1 heterocycles. The summed E-state index contributed by atoms with van der Waals surface area (Å²) >= 11 is 0. The van der Waals surface area contributed by atoms with Crippen molar-refractivity contribution in [1.29, 1.82) is 0 Å². The molecular weight excluding hydrogens is 376 g/mol. The van der Waals surface area contributed by atoms with E-state index in [0.29, 0.717) is 30.2 Å². The van der Waals surface area contributed by atoms with Gasteiger partial charge < -0.3 is 24.4 Å². The summed E-state index contributed by atoms with van der Waals surface area (Å²) in [7, 11) is 2.95. The van der Waals surface area contributed by atoms with Crippen LogP contribution in [0.2, 0.25) is 0 Å². The Morgan fingerprint density at radius 3 is 2.41 bits per heavy atom. The van der Waals surface area contributed by atoms with Crippen molar-refractivity contribution in [2.75, 3.05) is 37.6 Å². The van der Waals surface area contributed by atoms with Crippen LogP contribution in [0.1, 0.15) is 23.2 Å². The minimum absolute atomic E-state index is 0.0659. The Labute approximate surface area is 168 Å². The van der Waals surface area contributed by atoms with Crippen LogP contribution in [0.4, 0.5) is 11.4 Å². The molecule has 0 spiro atoms. The molecular formula is C21H22N2O6. The Morgan fingerprint density at radius 1 is 1.07 bits per heavy atom. The molecule has 0 atom stereocenters. The second kappa shape index (κ2) is 9.09. The number of carbonyl (C=O) groups excluding carboxylic acids is 3. The molecule has 8 nitrogen and oxygen atoms in total. The largest absolute Gasteiger partial charge is 0.497 e. The molecule has 29 heavy (non-hydrogen) atoms. The van der Waals surface area contributed by atoms with Crippen LogP contribution in [0.15, 0.2) is 42.5 Å². The molecule has 152 valence electrons. The third-order valence-electron chi connectivity index (χ3n) is 4.44. The standard InChI is InChI=1S/C21H22N2O6/c1-27-17-9-14(10-18(12-17)28-2)21(26)29-13-19(24)22-15-5-3-6-16(11-15)23-8-4-7-20(23)25/h3,5-6,9-12H,4,7-8,13H2,1-2H3,(H,22,24). The van der Waals surface area contributed by atoms with Crippen molar-refractivity contribution >= 4 is 29.2 Å². The summed E-state index contributed by atoms with van der Waals surface area (Å²) in [5.74, 6) is -0.217. The van der Waals surface area contributed by atoms with E-state index in [0.717, 1.165) is 12.1 Å². The summed E-state index contributed by atoms with van der Waals surface area (Å²) in [4.78, 5) is 38.0. The number of benzene rings is 2. The van der Waals surface area contributed by atoms with E-state index < -0.39 is 18.5 Å². The van der Waals surface area contributed by atoms with Gasteiger partial charge in [-0.1, -0.05) is 6.07 Å². The van der Waals surface area contributed by atoms with E-state index in [2.05, 4.69) is 5.32 Å². The quantitative estimate of drug-likeness (QED) is 0.721. The normalized spacial score (nSPS) is 13.2. The molecule has 8 heteroatoms. The SMILES string of the molecule is COc1cc(OC)cc(C(=O)OCC(=O)Nc2cccc(N3CCCC3=O)c2)c1. The van der Waals surface area contributed by atoms with Crippen molar-refractivity contribution < 1.29 is 28.6 Å². The van der Waals surface area contributed by atoms with E-state index in [-0.39, 0.29) is 11.5 Å². The highest BCUT2D eigenvalue weighted by Crippen LogP contribution is 2.25. The molecule has 3 rings (SSSR count). The lowest BCUT2D eigenvalue weighted by Gasteiger charge is -2.16. The first kappa shape index (κ1) is 20.2. The van der Waals surface area contributed by atoms with Gasteiger partial charge in [-0.3, -0.25) is 9.59 Å². The number of nitrogens with one attached hydrogen (secondary N) is 1. The zero-order valence-corrected chi connectivity index (χ0v) is 16.3. The molecule has 2 amide bonds. The number of esters is 1. The first-order chi connectivity index (χ1) is 14.0. The van der Waals surface area contributed by atoms with Gasteiger partial charge in [-0.25, -0.2) is 4.79 Å². The van der Waals surface area contributed by atoms with Crippen molar-refractivity contribution in [2.24, 2.45) is 0 Å². The summed E-state index contributed by atoms with van der Waals surface area (Å²) in [5, 5.41) is 2.67. The number of rotatable bonds is 7. The molecule has 0 aliphatic carbocycles. The topological polar surface area (TPSA) is 94.2 Å². The highest BCUT2D eigenvalue weighted by Gasteiger charge is 2.22. The predicted octanol–water partition coefficient (Wildman–Crippen LogP) is 2.63. The van der Waals surface area contributed by atoms with Gasteiger partial charge in [-0.2, -0.15) is 0 Å². The number of methoxy groups -OCH3 is 2. The van der Waals surface area contributed by atoms with Crippen LogP contribution in [-0.4, -0.2) is 45.2 Å². The van der Waals surface area contributed by atoms with Crippen LogP contribution in [-0.2, 0) is 14.3 Å². The molecule has 0 bridgehead atoms. The van der Waals surface area contributed by atoms with Crippen LogP contribution < -0.4 is 19.7 Å². The maximum absolute atomic E-state index is 12.2. The van der Waals surface area contributed by atoms with Gasteiger partial charge in [-0.15, -0.1) is 0 Å². The Morgan fingerprint density at radius 2 is 1.79 bits per heavy atom. The molecule has 2 aromatic rings. The minimum Gasteiger partial charge on any atom is -0.497 e. The van der Waals surface area contributed by atoms with Gasteiger partial charge in [-0.05, 0) is 36.8 Å². The highest BCUT2D eigenvalue weighted by atomic mass is 16.5. The van der Waals surface area contributed by atoms with E-state index in [1.807, 2.05) is 6.07 Å². The number of anilines is 2. The fourth-order valence-corrected chi connectivity index (χ4v) is 3.01. The van der Waals surface area contributed by atoms with Gasteiger partial charge in [0.1, 0.15) is 11.5 Å². The fraction of sp³-hybridized carbons (Fsp3) is 0.286. The van der Waals surface area contributed by atoms with Crippen molar-refractivity contribution in [3.05, 3.63) is 48.0 Å². The predicted molar refractivity (Wildman–Crippen MR) is 106 cm³/mol. The number of ether oxygens (including phenoxy) is 3. The van der Waals surface area contributed by atoms with Crippen LogP contribution in [0, 0.1) is 0 Å². The summed E-state index contributed by atoms with van der Waals surface area (Å²) in [6.07, 6.45) is 1.35. The van der Waals surface area contributed by atoms with Crippen molar-refractivity contribution in [2.45, 2.75) is 12.8 Å². The monoisotopic (exact) mass is 398 g/mol. The second-order valence-electron chi connectivity index (χ2n) is 6.42. The third-order valence-corrected chi connectivity index (χ3v) is 4.44. The summed E-state index contributed by atoms with van der Waals surface area (Å²) in [6.45, 7) is 0.211. The van der Waals surface area contributed by atoms with Gasteiger partial charge in [0.05, 0.1) is 19.8 Å². The molecule has 0 saturated carbocycles. The molecule has 1 aliphatic rings. The van der Waals surface area contributed by atoms with Gasteiger partial charge >= 0.3 is 5.97 Å². The van der Waals surface area contributed by atoms with E-state index in [4.69, 9.17) is 14.2 Å². The van der Waals surface area contributed by atoms with Crippen LogP contribution in [0.5, 0.6) is 11.5 Å². The van der Waals surface area contributed by atoms with Crippen LogP contribution in [0.25, 0.3) is 0 Å². The summed E-state index contributed by atoms with van der Waals surface area (Å²) < 4.78 is 15.3. The van der Waals surface area contributed by atoms with Gasteiger partial charge in [0.2, 0.25) is 5.91 Å². The molecule has 2 aromatic carbocycles. The van der Waals surface area contributed by atoms with Gasteiger partial charge in [0, 0.05) is 30.4 Å². The Balaban J connectivity index is 1.59. The van der Waals surface area contributed by atoms with Gasteiger partial charge in [0.25, 0.3) is 5.91 Å². The van der Waals surface area contributed by atoms with E-state index in [9.17, 15) is 14.4 Å². The van der Waals surface area contributed by atoms with E-state index in [1.54, 1.807) is 29.2 Å². The first-order valence-electron chi connectivity index (χ1n) is 9.10. The van der Waals surface area contributed by atoms with Crippen LogP contribution in [0.3, 0.4) is 0 Å². The van der Waals surface area contributed by atoms with Crippen molar-refractivity contribution in [3.8, 4) is 11.5 Å². The Hall–Kier alpha value is -3.55. The first-order valence-corrected chi connectivity index (χ1v) is 9.10. The number of hydrogen-bond acceptors (Lipinski definition) is 6. The molecule has 1 saturated heterocycles. The average Bonchev–Trinajstić information content (AvgIpc) is 3.17. The molecule has 0 radical (unpaired) electrons. The maximum Gasteiger partial charge on any atom is 0.338 e. The molecule has 1 fully saturated rings. The summed E-state index contributed by atoms with van der Waals surface area (Å²) in [5.41, 5.74) is 1.46. The number of carbonyl (C=O) groups is 3. The molecule has 0 aromatic heterocycles. The number of nitrogens with zero attached hydrogens (tertiary/aromatic N) is 1. The van der Waals surface area contributed by atoms with Crippen molar-refractivity contribution in [1.82, 2.24) is 0 Å². The average molecular weight is 398 g/mol. The lowest BCUT2D eigenvalue weighted by atomic mass is 10.2. The fourth-order valence-electron chi connectivity index (χ4n) is 3.01.